The molecule has 2 rings (SSSR count). The van der Waals surface area contributed by atoms with Gasteiger partial charge in [-0.2, -0.15) is 0 Å². The summed E-state index contributed by atoms with van der Waals surface area (Å²) in [5, 5.41) is 0. The molecule has 0 bridgehead atoms. The van der Waals surface area contributed by atoms with Crippen LogP contribution >= 0.6 is 0 Å². The van der Waals surface area contributed by atoms with Crippen LogP contribution in [0.15, 0.2) is 22.6 Å². The summed E-state index contributed by atoms with van der Waals surface area (Å²) >= 11 is 0. The van der Waals surface area contributed by atoms with E-state index in [0.717, 1.165) is 36.3 Å². The summed E-state index contributed by atoms with van der Waals surface area (Å²) in [5.74, 6) is 1.19. The third-order valence-electron chi connectivity index (χ3n) is 3.99. The van der Waals surface area contributed by atoms with Gasteiger partial charge in [-0.25, -0.2) is 4.98 Å². The number of rotatable bonds is 5. The molecule has 1 heterocycles. The standard InChI is InChI=1S/C18H28N2O/c1-12(7-6-8-13(2)19)17-20-15-11-14(18(3,4)5)9-10-16(15)21-17/h9-13H,6-8,19H2,1-5H3. The predicted octanol–water partition coefficient (Wildman–Crippen LogP) is 4.75. The van der Waals surface area contributed by atoms with E-state index in [1.165, 1.54) is 5.56 Å². The Kier molecular flexibility index (Phi) is 4.72. The van der Waals surface area contributed by atoms with Gasteiger partial charge in [0.2, 0.25) is 0 Å². The van der Waals surface area contributed by atoms with E-state index in [-0.39, 0.29) is 11.5 Å². The number of aromatic nitrogens is 1. The maximum atomic E-state index is 5.91. The lowest BCUT2D eigenvalue weighted by Crippen LogP contribution is -2.14. The number of nitrogens with zero attached hydrogens (tertiary/aromatic N) is 1. The largest absolute Gasteiger partial charge is 0.440 e. The summed E-state index contributed by atoms with van der Waals surface area (Å²) in [4.78, 5) is 4.69. The van der Waals surface area contributed by atoms with Crippen molar-refractivity contribution in [1.29, 1.82) is 0 Å². The number of hydrogen-bond donors (Lipinski definition) is 1. The van der Waals surface area contributed by atoms with E-state index < -0.39 is 0 Å². The normalized spacial score (nSPS) is 15.3. The summed E-state index contributed by atoms with van der Waals surface area (Å²) in [6.45, 7) is 10.9. The molecule has 116 valence electrons. The summed E-state index contributed by atoms with van der Waals surface area (Å²) in [5.41, 5.74) is 9.08. The zero-order chi connectivity index (χ0) is 15.6. The molecule has 21 heavy (non-hydrogen) atoms. The van der Waals surface area contributed by atoms with Crippen LogP contribution in [0.25, 0.3) is 11.1 Å². The number of nitrogens with two attached hydrogens (primary N) is 1. The molecule has 0 aliphatic carbocycles. The van der Waals surface area contributed by atoms with Crippen LogP contribution in [0.5, 0.6) is 0 Å². The van der Waals surface area contributed by atoms with Crippen molar-refractivity contribution in [3.8, 4) is 0 Å². The fourth-order valence-corrected chi connectivity index (χ4v) is 2.49. The summed E-state index contributed by atoms with van der Waals surface area (Å²) < 4.78 is 5.91. The average Bonchev–Trinajstić information content (AvgIpc) is 2.79. The fraction of sp³-hybridized carbons (Fsp3) is 0.611. The van der Waals surface area contributed by atoms with Crippen molar-refractivity contribution in [2.75, 3.05) is 0 Å². The molecule has 1 aromatic heterocycles. The molecule has 0 fully saturated rings. The van der Waals surface area contributed by atoms with Gasteiger partial charge in [0.05, 0.1) is 0 Å². The lowest BCUT2D eigenvalue weighted by Gasteiger charge is -2.18. The van der Waals surface area contributed by atoms with Crippen LogP contribution in [0, 0.1) is 0 Å². The van der Waals surface area contributed by atoms with Gasteiger partial charge >= 0.3 is 0 Å². The van der Waals surface area contributed by atoms with Gasteiger partial charge in [-0.1, -0.05) is 40.2 Å². The van der Waals surface area contributed by atoms with Crippen LogP contribution in [-0.4, -0.2) is 11.0 Å². The Morgan fingerprint density at radius 1 is 1.19 bits per heavy atom. The topological polar surface area (TPSA) is 52.0 Å². The van der Waals surface area contributed by atoms with Crippen LogP contribution in [0.1, 0.15) is 71.3 Å². The first-order valence-electron chi connectivity index (χ1n) is 7.94. The highest BCUT2D eigenvalue weighted by molar-refractivity contribution is 5.73. The molecule has 0 radical (unpaired) electrons. The minimum atomic E-state index is 0.135. The third kappa shape index (κ3) is 4.07. The average molecular weight is 288 g/mol. The van der Waals surface area contributed by atoms with Crippen LogP contribution in [0.2, 0.25) is 0 Å². The molecular weight excluding hydrogens is 260 g/mol. The fourth-order valence-electron chi connectivity index (χ4n) is 2.49. The molecule has 0 spiro atoms. The molecule has 1 aromatic carbocycles. The first-order chi connectivity index (χ1) is 9.77. The summed E-state index contributed by atoms with van der Waals surface area (Å²) in [7, 11) is 0. The number of hydrogen-bond acceptors (Lipinski definition) is 3. The van der Waals surface area contributed by atoms with Gasteiger partial charge in [0.15, 0.2) is 11.5 Å². The maximum absolute atomic E-state index is 5.91. The van der Waals surface area contributed by atoms with E-state index in [2.05, 4.69) is 51.7 Å². The van der Waals surface area contributed by atoms with E-state index in [4.69, 9.17) is 10.2 Å². The van der Waals surface area contributed by atoms with E-state index in [9.17, 15) is 0 Å². The zero-order valence-corrected chi connectivity index (χ0v) is 13.9. The molecule has 0 saturated carbocycles. The zero-order valence-electron chi connectivity index (χ0n) is 13.9. The van der Waals surface area contributed by atoms with Gasteiger partial charge in [-0.3, -0.25) is 0 Å². The van der Waals surface area contributed by atoms with E-state index >= 15 is 0 Å². The Bertz CT molecular complexity index is 593. The van der Waals surface area contributed by atoms with Crippen molar-refractivity contribution in [1.82, 2.24) is 4.98 Å². The highest BCUT2D eigenvalue weighted by atomic mass is 16.3. The molecule has 0 amide bonds. The number of benzene rings is 1. The SMILES string of the molecule is CC(N)CCCC(C)c1nc2cc(C(C)(C)C)ccc2o1. The lowest BCUT2D eigenvalue weighted by molar-refractivity contribution is 0.452. The number of fused-ring (bicyclic) bond motifs is 1. The lowest BCUT2D eigenvalue weighted by atomic mass is 9.87. The predicted molar refractivity (Wildman–Crippen MR) is 88.6 cm³/mol. The molecular formula is C18H28N2O. The van der Waals surface area contributed by atoms with Crippen molar-refractivity contribution >= 4 is 11.1 Å². The van der Waals surface area contributed by atoms with E-state index in [1.54, 1.807) is 0 Å². The smallest absolute Gasteiger partial charge is 0.198 e. The molecule has 3 heteroatoms. The van der Waals surface area contributed by atoms with Gasteiger partial charge in [0, 0.05) is 12.0 Å². The highest BCUT2D eigenvalue weighted by Gasteiger charge is 2.17. The van der Waals surface area contributed by atoms with Gasteiger partial charge < -0.3 is 10.2 Å². The molecule has 2 atom stereocenters. The van der Waals surface area contributed by atoms with Crippen molar-refractivity contribution < 1.29 is 4.42 Å². The monoisotopic (exact) mass is 288 g/mol. The Morgan fingerprint density at radius 2 is 1.90 bits per heavy atom. The Morgan fingerprint density at radius 3 is 2.52 bits per heavy atom. The molecule has 0 aliphatic heterocycles. The summed E-state index contributed by atoms with van der Waals surface area (Å²) in [6.07, 6.45) is 3.24. The molecule has 3 nitrogen and oxygen atoms in total. The van der Waals surface area contributed by atoms with Gasteiger partial charge in [0.1, 0.15) is 5.52 Å². The second kappa shape index (κ2) is 6.18. The van der Waals surface area contributed by atoms with Gasteiger partial charge in [-0.15, -0.1) is 0 Å². The first kappa shape index (κ1) is 16.0. The van der Waals surface area contributed by atoms with Crippen LogP contribution < -0.4 is 5.73 Å². The maximum Gasteiger partial charge on any atom is 0.198 e. The molecule has 2 unspecified atom stereocenters. The van der Waals surface area contributed by atoms with Gasteiger partial charge in [0.25, 0.3) is 0 Å². The van der Waals surface area contributed by atoms with Crippen molar-refractivity contribution in [3.63, 3.8) is 0 Å². The minimum Gasteiger partial charge on any atom is -0.440 e. The minimum absolute atomic E-state index is 0.135. The molecule has 0 saturated heterocycles. The second-order valence-corrected chi connectivity index (χ2v) is 7.29. The van der Waals surface area contributed by atoms with Crippen LogP contribution in [0.4, 0.5) is 0 Å². The Balaban J connectivity index is 2.15. The van der Waals surface area contributed by atoms with Crippen molar-refractivity contribution in [2.45, 2.75) is 71.3 Å². The van der Waals surface area contributed by atoms with Crippen LogP contribution in [-0.2, 0) is 5.41 Å². The Labute approximate surface area is 127 Å². The number of oxazole rings is 1. The van der Waals surface area contributed by atoms with Gasteiger partial charge in [-0.05, 0) is 42.9 Å². The first-order valence-corrected chi connectivity index (χ1v) is 7.94. The molecule has 2 N–H and O–H groups in total. The van der Waals surface area contributed by atoms with Crippen molar-refractivity contribution in [2.24, 2.45) is 5.73 Å². The molecule has 0 aliphatic rings. The summed E-state index contributed by atoms with van der Waals surface area (Å²) in [6, 6.07) is 6.60. The highest BCUT2D eigenvalue weighted by Crippen LogP contribution is 2.29. The quantitative estimate of drug-likeness (QED) is 0.864. The Hall–Kier alpha value is -1.35. The van der Waals surface area contributed by atoms with E-state index in [0.29, 0.717) is 5.92 Å². The van der Waals surface area contributed by atoms with Crippen LogP contribution in [0.3, 0.4) is 0 Å². The second-order valence-electron chi connectivity index (χ2n) is 7.29. The third-order valence-corrected chi connectivity index (χ3v) is 3.99. The van der Waals surface area contributed by atoms with E-state index in [1.807, 2.05) is 6.07 Å². The van der Waals surface area contributed by atoms with Crippen molar-refractivity contribution in [3.05, 3.63) is 29.7 Å². The molecule has 2 aromatic rings.